The SMILES string of the molecule is C#CCN1CCCc2c(N)cccc21. The average molecular weight is 186 g/mol. The highest BCUT2D eigenvalue weighted by Gasteiger charge is 2.17. The van der Waals surface area contributed by atoms with Crippen LogP contribution in [-0.4, -0.2) is 13.1 Å². The number of benzene rings is 1. The van der Waals surface area contributed by atoms with Gasteiger partial charge >= 0.3 is 0 Å². The van der Waals surface area contributed by atoms with Crippen molar-refractivity contribution in [1.82, 2.24) is 0 Å². The standard InChI is InChI=1S/C12H14N2/c1-2-8-14-9-4-5-10-11(13)6-3-7-12(10)14/h1,3,6-7H,4-5,8-9,13H2. The van der Waals surface area contributed by atoms with Crippen LogP contribution in [0.4, 0.5) is 11.4 Å². The molecule has 14 heavy (non-hydrogen) atoms. The van der Waals surface area contributed by atoms with Gasteiger partial charge in [0.15, 0.2) is 0 Å². The van der Waals surface area contributed by atoms with E-state index in [1.165, 1.54) is 11.3 Å². The van der Waals surface area contributed by atoms with Crippen LogP contribution in [0.25, 0.3) is 0 Å². The van der Waals surface area contributed by atoms with Crippen LogP contribution in [0.1, 0.15) is 12.0 Å². The van der Waals surface area contributed by atoms with Gasteiger partial charge in [-0.2, -0.15) is 0 Å². The lowest BCUT2D eigenvalue weighted by Gasteiger charge is -2.30. The number of nitrogens with two attached hydrogens (primary N) is 1. The van der Waals surface area contributed by atoms with E-state index in [9.17, 15) is 0 Å². The van der Waals surface area contributed by atoms with E-state index < -0.39 is 0 Å². The predicted octanol–water partition coefficient (Wildman–Crippen LogP) is 1.65. The van der Waals surface area contributed by atoms with E-state index >= 15 is 0 Å². The lowest BCUT2D eigenvalue weighted by molar-refractivity contribution is 0.728. The first kappa shape index (κ1) is 8.96. The summed E-state index contributed by atoms with van der Waals surface area (Å²) in [7, 11) is 0. The molecule has 0 fully saturated rings. The second-order valence-corrected chi connectivity index (χ2v) is 3.57. The number of hydrogen-bond acceptors (Lipinski definition) is 2. The van der Waals surface area contributed by atoms with Crippen molar-refractivity contribution in [2.45, 2.75) is 12.8 Å². The molecule has 0 saturated carbocycles. The monoisotopic (exact) mass is 186 g/mol. The van der Waals surface area contributed by atoms with Gasteiger partial charge in [0.25, 0.3) is 0 Å². The first-order valence-electron chi connectivity index (χ1n) is 4.88. The van der Waals surface area contributed by atoms with Crippen LogP contribution in [0.15, 0.2) is 18.2 Å². The van der Waals surface area contributed by atoms with Gasteiger partial charge in [-0.15, -0.1) is 6.42 Å². The molecule has 72 valence electrons. The van der Waals surface area contributed by atoms with Gasteiger partial charge in [0.1, 0.15) is 0 Å². The van der Waals surface area contributed by atoms with Gasteiger partial charge in [-0.25, -0.2) is 0 Å². The molecule has 2 N–H and O–H groups in total. The molecular formula is C12H14N2. The maximum absolute atomic E-state index is 5.92. The third kappa shape index (κ3) is 1.42. The fourth-order valence-corrected chi connectivity index (χ4v) is 2.00. The highest BCUT2D eigenvalue weighted by Crippen LogP contribution is 2.30. The molecule has 2 heteroatoms. The van der Waals surface area contributed by atoms with E-state index in [0.717, 1.165) is 25.1 Å². The van der Waals surface area contributed by atoms with Crippen molar-refractivity contribution in [2.24, 2.45) is 0 Å². The first-order chi connectivity index (χ1) is 6.83. The maximum atomic E-state index is 5.92. The summed E-state index contributed by atoms with van der Waals surface area (Å²) >= 11 is 0. The molecule has 0 aromatic heterocycles. The van der Waals surface area contributed by atoms with Crippen molar-refractivity contribution in [1.29, 1.82) is 0 Å². The van der Waals surface area contributed by atoms with Crippen molar-refractivity contribution < 1.29 is 0 Å². The van der Waals surface area contributed by atoms with Crippen LogP contribution < -0.4 is 10.6 Å². The molecule has 1 aliphatic heterocycles. The Bertz CT molecular complexity index is 376. The number of anilines is 2. The Morgan fingerprint density at radius 2 is 2.36 bits per heavy atom. The highest BCUT2D eigenvalue weighted by molar-refractivity contribution is 5.66. The van der Waals surface area contributed by atoms with Gasteiger partial charge in [-0.3, -0.25) is 0 Å². The normalized spacial score (nSPS) is 14.6. The molecule has 0 aliphatic carbocycles. The Hall–Kier alpha value is -1.62. The molecule has 0 saturated heterocycles. The van der Waals surface area contributed by atoms with Gasteiger partial charge in [0.2, 0.25) is 0 Å². The Labute approximate surface area is 84.7 Å². The molecule has 0 atom stereocenters. The Morgan fingerprint density at radius 3 is 3.14 bits per heavy atom. The van der Waals surface area contributed by atoms with Gasteiger partial charge in [-0.1, -0.05) is 12.0 Å². The van der Waals surface area contributed by atoms with E-state index in [1.807, 2.05) is 12.1 Å². The third-order valence-corrected chi connectivity index (χ3v) is 2.67. The molecule has 1 aromatic rings. The maximum Gasteiger partial charge on any atom is 0.0791 e. The quantitative estimate of drug-likeness (QED) is 0.534. The minimum Gasteiger partial charge on any atom is -0.398 e. The summed E-state index contributed by atoms with van der Waals surface area (Å²) in [6, 6.07) is 6.05. The van der Waals surface area contributed by atoms with E-state index in [4.69, 9.17) is 12.2 Å². The molecule has 0 unspecified atom stereocenters. The van der Waals surface area contributed by atoms with Crippen LogP contribution in [0.3, 0.4) is 0 Å². The summed E-state index contributed by atoms with van der Waals surface area (Å²) in [4.78, 5) is 2.22. The van der Waals surface area contributed by atoms with Crippen molar-refractivity contribution >= 4 is 11.4 Å². The summed E-state index contributed by atoms with van der Waals surface area (Å²) in [5.41, 5.74) is 9.29. The summed E-state index contributed by atoms with van der Waals surface area (Å²) < 4.78 is 0. The average Bonchev–Trinajstić information content (AvgIpc) is 2.20. The summed E-state index contributed by atoms with van der Waals surface area (Å²) in [5.74, 6) is 2.68. The van der Waals surface area contributed by atoms with Crippen molar-refractivity contribution in [3.63, 3.8) is 0 Å². The minimum atomic E-state index is 0.677. The summed E-state index contributed by atoms with van der Waals surface area (Å²) in [5, 5.41) is 0. The van der Waals surface area contributed by atoms with Gasteiger partial charge in [-0.05, 0) is 30.5 Å². The topological polar surface area (TPSA) is 29.3 Å². The van der Waals surface area contributed by atoms with E-state index in [-0.39, 0.29) is 0 Å². The number of nitrogens with zero attached hydrogens (tertiary/aromatic N) is 1. The molecule has 0 radical (unpaired) electrons. The lowest BCUT2D eigenvalue weighted by Crippen LogP contribution is -2.29. The van der Waals surface area contributed by atoms with Crippen LogP contribution in [-0.2, 0) is 6.42 Å². The molecule has 1 heterocycles. The molecular weight excluding hydrogens is 172 g/mol. The van der Waals surface area contributed by atoms with Crippen LogP contribution in [0.5, 0.6) is 0 Å². The Morgan fingerprint density at radius 1 is 1.50 bits per heavy atom. The number of nitrogen functional groups attached to an aromatic ring is 1. The molecule has 0 spiro atoms. The molecule has 0 amide bonds. The second-order valence-electron chi connectivity index (χ2n) is 3.57. The predicted molar refractivity (Wildman–Crippen MR) is 60.2 cm³/mol. The Balaban J connectivity index is 2.40. The Kier molecular flexibility index (Phi) is 2.32. The molecule has 1 aromatic carbocycles. The van der Waals surface area contributed by atoms with E-state index in [2.05, 4.69) is 16.9 Å². The third-order valence-electron chi connectivity index (χ3n) is 2.67. The fourth-order valence-electron chi connectivity index (χ4n) is 2.00. The first-order valence-corrected chi connectivity index (χ1v) is 4.88. The molecule has 2 rings (SSSR count). The largest absolute Gasteiger partial charge is 0.398 e. The van der Waals surface area contributed by atoms with Crippen LogP contribution in [0, 0.1) is 12.3 Å². The zero-order valence-corrected chi connectivity index (χ0v) is 8.16. The number of rotatable bonds is 1. The lowest BCUT2D eigenvalue weighted by atomic mass is 10.00. The van der Waals surface area contributed by atoms with Crippen molar-refractivity contribution in [3.05, 3.63) is 23.8 Å². The summed E-state index contributed by atoms with van der Waals surface area (Å²) in [6.07, 6.45) is 7.55. The van der Waals surface area contributed by atoms with Gasteiger partial charge in [0.05, 0.1) is 6.54 Å². The highest BCUT2D eigenvalue weighted by atomic mass is 15.1. The van der Waals surface area contributed by atoms with E-state index in [0.29, 0.717) is 6.54 Å². The smallest absolute Gasteiger partial charge is 0.0791 e. The van der Waals surface area contributed by atoms with Crippen molar-refractivity contribution in [3.8, 4) is 12.3 Å². The molecule has 0 bridgehead atoms. The van der Waals surface area contributed by atoms with E-state index in [1.54, 1.807) is 0 Å². The second kappa shape index (κ2) is 3.63. The van der Waals surface area contributed by atoms with Gasteiger partial charge in [0, 0.05) is 17.9 Å². The number of terminal acetylenes is 1. The fraction of sp³-hybridized carbons (Fsp3) is 0.333. The van der Waals surface area contributed by atoms with Gasteiger partial charge < -0.3 is 10.6 Å². The summed E-state index contributed by atoms with van der Waals surface area (Å²) in [6.45, 7) is 1.72. The molecule has 1 aliphatic rings. The number of hydrogen-bond donors (Lipinski definition) is 1. The zero-order valence-electron chi connectivity index (χ0n) is 8.16. The zero-order chi connectivity index (χ0) is 9.97. The van der Waals surface area contributed by atoms with Crippen LogP contribution >= 0.6 is 0 Å². The minimum absolute atomic E-state index is 0.677. The number of fused-ring (bicyclic) bond motifs is 1. The van der Waals surface area contributed by atoms with Crippen LogP contribution in [0.2, 0.25) is 0 Å². The van der Waals surface area contributed by atoms with Crippen molar-refractivity contribution in [2.75, 3.05) is 23.7 Å². The molecule has 2 nitrogen and oxygen atoms in total.